The molecule has 1 heterocycles. The van der Waals surface area contributed by atoms with Crippen LogP contribution in [0.4, 0.5) is 34.1 Å². The van der Waals surface area contributed by atoms with Crippen LogP contribution in [0.25, 0.3) is 39.6 Å². The zero-order chi connectivity index (χ0) is 39.8. The van der Waals surface area contributed by atoms with Gasteiger partial charge >= 0.3 is 0 Å². The van der Waals surface area contributed by atoms with Crippen LogP contribution in [0.3, 0.4) is 0 Å². The Bertz CT molecular complexity index is 3130. The van der Waals surface area contributed by atoms with Gasteiger partial charge in [-0.05, 0) is 147 Å². The van der Waals surface area contributed by atoms with Crippen molar-refractivity contribution in [2.24, 2.45) is 0 Å². The Hall–Kier alpha value is -7.42. The van der Waals surface area contributed by atoms with Crippen LogP contribution in [-0.2, 0) is 5.41 Å². The van der Waals surface area contributed by atoms with Crippen LogP contribution in [0.1, 0.15) is 51.8 Å². The van der Waals surface area contributed by atoms with Gasteiger partial charge in [-0.1, -0.05) is 157 Å². The molecular weight excluding hydrogens is 725 g/mol. The van der Waals surface area contributed by atoms with Crippen LogP contribution in [0, 0.1) is 6.92 Å². The first-order valence-electron chi connectivity index (χ1n) is 21.1. The van der Waals surface area contributed by atoms with E-state index in [0.717, 1.165) is 47.0 Å². The molecule has 2 nitrogen and oxygen atoms in total. The van der Waals surface area contributed by atoms with Gasteiger partial charge in [0.2, 0.25) is 0 Å². The van der Waals surface area contributed by atoms with E-state index in [-0.39, 0.29) is 5.41 Å². The second kappa shape index (κ2) is 13.6. The molecular formula is C58H42N2. The number of rotatable bonds is 4. The van der Waals surface area contributed by atoms with Crippen molar-refractivity contribution in [3.05, 3.63) is 245 Å². The molecule has 0 saturated heterocycles. The van der Waals surface area contributed by atoms with Gasteiger partial charge in [-0.25, -0.2) is 0 Å². The lowest BCUT2D eigenvalue weighted by atomic mass is 9.69. The van der Waals surface area contributed by atoms with Crippen molar-refractivity contribution >= 4 is 62.6 Å². The summed E-state index contributed by atoms with van der Waals surface area (Å²) in [6.07, 6.45) is 15.8. The number of aryl methyl sites for hydroxylation is 1. The molecule has 1 spiro atoms. The lowest BCUT2D eigenvalue weighted by Gasteiger charge is -2.40. The quantitative estimate of drug-likeness (QED) is 0.165. The van der Waals surface area contributed by atoms with Crippen molar-refractivity contribution in [3.8, 4) is 11.1 Å². The fourth-order valence-corrected chi connectivity index (χ4v) is 10.5. The van der Waals surface area contributed by atoms with E-state index in [1.54, 1.807) is 0 Å². The predicted octanol–water partition coefficient (Wildman–Crippen LogP) is 15.6. The summed E-state index contributed by atoms with van der Waals surface area (Å²) in [5.74, 6) is 0. The SMILES string of the molecule is Cc1ccc2c(c1)C1(C3=C(CC/C=C/C=C\3)c3ccccc31)c1cc(/C=C/c3ccc4cc(N5c6ccccc6N(c6ccccc6)c6ccccc65)ccc4c3)ccc1-2. The highest BCUT2D eigenvalue weighted by atomic mass is 15.3. The Balaban J connectivity index is 0.917. The van der Waals surface area contributed by atoms with Gasteiger partial charge in [-0.2, -0.15) is 0 Å². The summed E-state index contributed by atoms with van der Waals surface area (Å²) in [5, 5.41) is 2.43. The van der Waals surface area contributed by atoms with Gasteiger partial charge in [0.05, 0.1) is 28.2 Å². The van der Waals surface area contributed by atoms with Crippen molar-refractivity contribution in [1.82, 2.24) is 0 Å². The lowest BCUT2D eigenvalue weighted by Crippen LogP contribution is -2.27. The van der Waals surface area contributed by atoms with Crippen LogP contribution in [0.5, 0.6) is 0 Å². The Morgan fingerprint density at radius 2 is 1.07 bits per heavy atom. The zero-order valence-corrected chi connectivity index (χ0v) is 33.5. The minimum Gasteiger partial charge on any atom is -0.306 e. The highest BCUT2D eigenvalue weighted by Crippen LogP contribution is 2.63. The molecule has 0 fully saturated rings. The number of allylic oxidation sites excluding steroid dienone is 6. The molecule has 0 aromatic heterocycles. The van der Waals surface area contributed by atoms with Gasteiger partial charge in [0.25, 0.3) is 0 Å². The van der Waals surface area contributed by atoms with Crippen molar-refractivity contribution in [3.63, 3.8) is 0 Å². The third kappa shape index (κ3) is 5.14. The highest BCUT2D eigenvalue weighted by Gasteiger charge is 2.52. The number of para-hydroxylation sites is 5. The number of fused-ring (bicyclic) bond motifs is 12. The molecule has 8 aromatic rings. The van der Waals surface area contributed by atoms with E-state index in [1.165, 1.54) is 72.0 Å². The minimum absolute atomic E-state index is 0.343. The molecule has 0 saturated carbocycles. The minimum atomic E-state index is -0.343. The largest absolute Gasteiger partial charge is 0.306 e. The fourth-order valence-electron chi connectivity index (χ4n) is 10.5. The van der Waals surface area contributed by atoms with Gasteiger partial charge < -0.3 is 9.80 Å². The molecule has 1 aliphatic heterocycles. The van der Waals surface area contributed by atoms with Crippen LogP contribution < -0.4 is 9.80 Å². The highest BCUT2D eigenvalue weighted by molar-refractivity contribution is 6.03. The second-order valence-corrected chi connectivity index (χ2v) is 16.5. The maximum Gasteiger partial charge on any atom is 0.0722 e. The van der Waals surface area contributed by atoms with Gasteiger partial charge in [0.1, 0.15) is 0 Å². The van der Waals surface area contributed by atoms with E-state index in [2.05, 4.69) is 229 Å². The van der Waals surface area contributed by atoms with Gasteiger partial charge in [-0.3, -0.25) is 0 Å². The third-order valence-electron chi connectivity index (χ3n) is 13.1. The Morgan fingerprint density at radius 3 is 1.83 bits per heavy atom. The van der Waals surface area contributed by atoms with Gasteiger partial charge in [0.15, 0.2) is 0 Å². The van der Waals surface area contributed by atoms with Gasteiger partial charge in [0, 0.05) is 11.4 Å². The first-order valence-corrected chi connectivity index (χ1v) is 21.1. The summed E-state index contributed by atoms with van der Waals surface area (Å²) in [5.41, 5.74) is 21.5. The molecule has 4 aliphatic rings. The molecule has 0 radical (unpaired) electrons. The monoisotopic (exact) mass is 766 g/mol. The average molecular weight is 767 g/mol. The topological polar surface area (TPSA) is 6.48 Å². The van der Waals surface area contributed by atoms with E-state index in [4.69, 9.17) is 0 Å². The number of nitrogens with zero attached hydrogens (tertiary/aromatic N) is 2. The summed E-state index contributed by atoms with van der Waals surface area (Å²) >= 11 is 0. The van der Waals surface area contributed by atoms with E-state index in [1.807, 2.05) is 0 Å². The zero-order valence-electron chi connectivity index (χ0n) is 33.5. The second-order valence-electron chi connectivity index (χ2n) is 16.5. The van der Waals surface area contributed by atoms with Crippen LogP contribution >= 0.6 is 0 Å². The maximum absolute atomic E-state index is 2.47. The molecule has 1 unspecified atom stereocenters. The summed E-state index contributed by atoms with van der Waals surface area (Å²) < 4.78 is 0. The van der Waals surface area contributed by atoms with Crippen molar-refractivity contribution in [2.45, 2.75) is 25.2 Å². The molecule has 1 atom stereocenters. The van der Waals surface area contributed by atoms with Crippen LogP contribution in [-0.4, -0.2) is 0 Å². The van der Waals surface area contributed by atoms with Crippen molar-refractivity contribution < 1.29 is 0 Å². The predicted molar refractivity (Wildman–Crippen MR) is 253 cm³/mol. The fraction of sp³-hybridized carbons (Fsp3) is 0.0690. The van der Waals surface area contributed by atoms with Gasteiger partial charge in [-0.15, -0.1) is 0 Å². The van der Waals surface area contributed by atoms with E-state index < -0.39 is 0 Å². The Labute approximate surface area is 352 Å². The van der Waals surface area contributed by atoms with E-state index >= 15 is 0 Å². The number of anilines is 6. The Kier molecular flexibility index (Phi) is 7.83. The van der Waals surface area contributed by atoms with Crippen LogP contribution in [0.15, 0.2) is 206 Å². The first kappa shape index (κ1) is 34.6. The average Bonchev–Trinajstić information content (AvgIpc) is 3.71. The van der Waals surface area contributed by atoms with Crippen LogP contribution in [0.2, 0.25) is 0 Å². The molecule has 0 N–H and O–H groups in total. The van der Waals surface area contributed by atoms with Crippen molar-refractivity contribution in [2.75, 3.05) is 9.80 Å². The lowest BCUT2D eigenvalue weighted by molar-refractivity contribution is 0.783. The number of benzene rings is 8. The molecule has 284 valence electrons. The Morgan fingerprint density at radius 1 is 0.467 bits per heavy atom. The molecule has 12 rings (SSSR count). The number of hydrogen-bond acceptors (Lipinski definition) is 2. The summed E-state index contributed by atoms with van der Waals surface area (Å²) in [4.78, 5) is 4.78. The molecule has 0 bridgehead atoms. The van der Waals surface area contributed by atoms with E-state index in [9.17, 15) is 0 Å². The maximum atomic E-state index is 2.47. The molecule has 2 heteroatoms. The summed E-state index contributed by atoms with van der Waals surface area (Å²) in [7, 11) is 0. The smallest absolute Gasteiger partial charge is 0.0722 e. The summed E-state index contributed by atoms with van der Waals surface area (Å²) in [6, 6.07) is 65.2. The van der Waals surface area contributed by atoms with Crippen molar-refractivity contribution in [1.29, 1.82) is 0 Å². The normalized spacial score (nSPS) is 18.1. The number of hydrogen-bond donors (Lipinski definition) is 0. The molecule has 60 heavy (non-hydrogen) atoms. The third-order valence-corrected chi connectivity index (χ3v) is 13.1. The summed E-state index contributed by atoms with van der Waals surface area (Å²) in [6.45, 7) is 2.23. The standard InChI is InChI=1S/C58H42N2/c1-39-25-33-48-49-34-29-41(37-53(49)58(52(48)35-39)50-19-8-3-2-7-17-46(50)47-18-9-10-20-51(47)58)27-26-40-28-30-43-38-45(32-31-42(43)36-40)60-56-23-13-11-21-54(56)59(44-15-5-4-6-16-44)55-22-12-14-24-57(55)60/h2-6,8-16,18-38H,7,17H2,1H3/b3-2+,19-8-,27-26+. The molecule has 3 aliphatic carbocycles. The first-order chi connectivity index (χ1) is 29.7. The molecule has 8 aromatic carbocycles. The molecule has 0 amide bonds. The van der Waals surface area contributed by atoms with E-state index in [0.29, 0.717) is 0 Å².